The van der Waals surface area contributed by atoms with E-state index < -0.39 is 18.7 Å². The molecule has 0 amide bonds. The number of hydrogen-bond acceptors (Lipinski definition) is 4. The molecule has 5 heteroatoms. The number of hydrogen-bond donors (Lipinski definition) is 2. The molecular weight excluding hydrogens is 175 g/mol. The number of halogens is 1. The lowest BCUT2D eigenvalue weighted by molar-refractivity contribution is -0.144. The SMILES string of the molecule is CC(CF)OC(=O)/C(N)=C/CCN. The summed E-state index contributed by atoms with van der Waals surface area (Å²) in [5.41, 5.74) is 10.5. The fraction of sp³-hybridized carbons (Fsp3) is 0.625. The molecule has 0 radical (unpaired) electrons. The minimum atomic E-state index is -0.752. The van der Waals surface area contributed by atoms with Crippen LogP contribution in [0.2, 0.25) is 0 Å². The van der Waals surface area contributed by atoms with E-state index in [0.717, 1.165) is 0 Å². The second-order valence-electron chi connectivity index (χ2n) is 2.61. The van der Waals surface area contributed by atoms with E-state index in [2.05, 4.69) is 4.74 Å². The summed E-state index contributed by atoms with van der Waals surface area (Å²) >= 11 is 0. The van der Waals surface area contributed by atoms with Crippen LogP contribution in [0.3, 0.4) is 0 Å². The molecule has 0 rings (SSSR count). The minimum Gasteiger partial charge on any atom is -0.455 e. The van der Waals surface area contributed by atoms with Gasteiger partial charge in [-0.15, -0.1) is 0 Å². The normalized spacial score (nSPS) is 13.9. The number of carbonyl (C=O) groups excluding carboxylic acids is 1. The van der Waals surface area contributed by atoms with Gasteiger partial charge in [-0.05, 0) is 19.9 Å². The van der Waals surface area contributed by atoms with Gasteiger partial charge in [0.2, 0.25) is 0 Å². The van der Waals surface area contributed by atoms with Gasteiger partial charge in [0, 0.05) is 0 Å². The number of ether oxygens (including phenoxy) is 1. The van der Waals surface area contributed by atoms with Crippen LogP contribution < -0.4 is 11.5 Å². The summed E-state index contributed by atoms with van der Waals surface area (Å²) in [6, 6.07) is 0. The summed E-state index contributed by atoms with van der Waals surface area (Å²) in [5, 5.41) is 0. The molecule has 0 aromatic carbocycles. The standard InChI is InChI=1S/C8H15FN2O2/c1-6(5-9)13-8(12)7(11)3-2-4-10/h3,6H,2,4-5,10-11H2,1H3/b7-3-. The number of rotatable bonds is 5. The smallest absolute Gasteiger partial charge is 0.354 e. The summed E-state index contributed by atoms with van der Waals surface area (Å²) < 4.78 is 16.5. The highest BCUT2D eigenvalue weighted by Crippen LogP contribution is 1.97. The Balaban J connectivity index is 3.95. The van der Waals surface area contributed by atoms with Crippen LogP contribution in [-0.4, -0.2) is 25.3 Å². The lowest BCUT2D eigenvalue weighted by atomic mass is 10.3. The van der Waals surface area contributed by atoms with Crippen LogP contribution in [0.1, 0.15) is 13.3 Å². The molecule has 13 heavy (non-hydrogen) atoms. The highest BCUT2D eigenvalue weighted by atomic mass is 19.1. The van der Waals surface area contributed by atoms with Crippen molar-refractivity contribution in [3.8, 4) is 0 Å². The third-order valence-corrected chi connectivity index (χ3v) is 1.29. The topological polar surface area (TPSA) is 78.3 Å². The second-order valence-corrected chi connectivity index (χ2v) is 2.61. The van der Waals surface area contributed by atoms with Crippen molar-refractivity contribution < 1.29 is 13.9 Å². The number of carbonyl (C=O) groups is 1. The Bertz CT molecular complexity index is 195. The molecular formula is C8H15FN2O2. The predicted molar refractivity (Wildman–Crippen MR) is 47.5 cm³/mol. The fourth-order valence-corrected chi connectivity index (χ4v) is 0.604. The molecule has 4 nitrogen and oxygen atoms in total. The van der Waals surface area contributed by atoms with Crippen LogP contribution in [-0.2, 0) is 9.53 Å². The largest absolute Gasteiger partial charge is 0.455 e. The quantitative estimate of drug-likeness (QED) is 0.475. The summed E-state index contributed by atoms with van der Waals surface area (Å²) in [7, 11) is 0. The van der Waals surface area contributed by atoms with Gasteiger partial charge < -0.3 is 16.2 Å². The molecule has 0 bridgehead atoms. The molecule has 0 saturated heterocycles. The maximum Gasteiger partial charge on any atom is 0.354 e. The molecule has 4 N–H and O–H groups in total. The van der Waals surface area contributed by atoms with Gasteiger partial charge in [-0.25, -0.2) is 9.18 Å². The van der Waals surface area contributed by atoms with E-state index in [0.29, 0.717) is 13.0 Å². The summed E-state index contributed by atoms with van der Waals surface area (Å²) in [6.07, 6.45) is 1.22. The average molecular weight is 190 g/mol. The minimum absolute atomic E-state index is 0.0225. The van der Waals surface area contributed by atoms with Crippen molar-refractivity contribution in [2.75, 3.05) is 13.2 Å². The number of nitrogens with two attached hydrogens (primary N) is 2. The predicted octanol–water partition coefficient (Wildman–Crippen LogP) is 0.0790. The van der Waals surface area contributed by atoms with Crippen LogP contribution in [0.15, 0.2) is 11.8 Å². The fourth-order valence-electron chi connectivity index (χ4n) is 0.604. The molecule has 0 saturated carbocycles. The maximum atomic E-state index is 11.9. The zero-order valence-electron chi connectivity index (χ0n) is 7.63. The van der Waals surface area contributed by atoms with E-state index in [-0.39, 0.29) is 5.70 Å². The van der Waals surface area contributed by atoms with Gasteiger partial charge in [0.15, 0.2) is 0 Å². The third kappa shape index (κ3) is 5.19. The van der Waals surface area contributed by atoms with E-state index in [1.165, 1.54) is 13.0 Å². The van der Waals surface area contributed by atoms with Crippen molar-refractivity contribution in [1.82, 2.24) is 0 Å². The summed E-state index contributed by atoms with van der Waals surface area (Å²) in [6.45, 7) is 1.15. The Kier molecular flexibility index (Phi) is 5.88. The summed E-state index contributed by atoms with van der Waals surface area (Å²) in [5.74, 6) is -0.696. The Hall–Kier alpha value is -1.10. The van der Waals surface area contributed by atoms with Crippen LogP contribution in [0.25, 0.3) is 0 Å². The van der Waals surface area contributed by atoms with Crippen molar-refractivity contribution in [2.45, 2.75) is 19.4 Å². The van der Waals surface area contributed by atoms with Crippen molar-refractivity contribution in [3.05, 3.63) is 11.8 Å². The Morgan fingerprint density at radius 2 is 2.31 bits per heavy atom. The van der Waals surface area contributed by atoms with Crippen LogP contribution in [0.4, 0.5) is 4.39 Å². The highest BCUT2D eigenvalue weighted by Gasteiger charge is 2.10. The lowest BCUT2D eigenvalue weighted by Gasteiger charge is -2.08. The van der Waals surface area contributed by atoms with Crippen molar-refractivity contribution in [2.24, 2.45) is 11.5 Å². The first-order valence-electron chi connectivity index (χ1n) is 4.04. The Morgan fingerprint density at radius 1 is 1.69 bits per heavy atom. The van der Waals surface area contributed by atoms with Gasteiger partial charge >= 0.3 is 5.97 Å². The monoisotopic (exact) mass is 190 g/mol. The highest BCUT2D eigenvalue weighted by molar-refractivity contribution is 5.87. The zero-order valence-corrected chi connectivity index (χ0v) is 7.63. The van der Waals surface area contributed by atoms with E-state index in [4.69, 9.17) is 11.5 Å². The molecule has 1 unspecified atom stereocenters. The molecule has 0 aromatic rings. The molecule has 0 heterocycles. The van der Waals surface area contributed by atoms with Crippen LogP contribution in [0, 0.1) is 0 Å². The molecule has 0 fully saturated rings. The van der Waals surface area contributed by atoms with Gasteiger partial charge in [0.25, 0.3) is 0 Å². The molecule has 0 aliphatic heterocycles. The molecule has 0 aliphatic carbocycles. The van der Waals surface area contributed by atoms with E-state index in [1.54, 1.807) is 0 Å². The van der Waals surface area contributed by atoms with Gasteiger partial charge in [0.05, 0.1) is 0 Å². The first-order chi connectivity index (χ1) is 6.11. The van der Waals surface area contributed by atoms with Crippen molar-refractivity contribution >= 4 is 5.97 Å². The van der Waals surface area contributed by atoms with E-state index in [1.807, 2.05) is 0 Å². The van der Waals surface area contributed by atoms with Crippen molar-refractivity contribution in [3.63, 3.8) is 0 Å². The Labute approximate surface area is 76.7 Å². The van der Waals surface area contributed by atoms with E-state index >= 15 is 0 Å². The van der Waals surface area contributed by atoms with Crippen LogP contribution in [0.5, 0.6) is 0 Å². The summed E-state index contributed by atoms with van der Waals surface area (Å²) in [4.78, 5) is 11.0. The second kappa shape index (κ2) is 6.42. The van der Waals surface area contributed by atoms with Gasteiger partial charge in [-0.3, -0.25) is 0 Å². The lowest BCUT2D eigenvalue weighted by Crippen LogP contribution is -2.22. The van der Waals surface area contributed by atoms with Gasteiger partial charge in [-0.2, -0.15) is 0 Å². The molecule has 0 aliphatic rings. The molecule has 76 valence electrons. The molecule has 0 spiro atoms. The first-order valence-corrected chi connectivity index (χ1v) is 4.04. The first kappa shape index (κ1) is 11.9. The van der Waals surface area contributed by atoms with Crippen molar-refractivity contribution in [1.29, 1.82) is 0 Å². The average Bonchev–Trinajstić information content (AvgIpc) is 2.13. The maximum absolute atomic E-state index is 11.9. The third-order valence-electron chi connectivity index (χ3n) is 1.29. The van der Waals surface area contributed by atoms with E-state index in [9.17, 15) is 9.18 Å². The van der Waals surface area contributed by atoms with Gasteiger partial charge in [-0.1, -0.05) is 6.08 Å². The van der Waals surface area contributed by atoms with Gasteiger partial charge in [0.1, 0.15) is 18.5 Å². The molecule has 1 atom stereocenters. The zero-order chi connectivity index (χ0) is 10.3. The number of esters is 1. The van der Waals surface area contributed by atoms with Crippen LogP contribution >= 0.6 is 0 Å². The molecule has 0 aromatic heterocycles. The Morgan fingerprint density at radius 3 is 2.77 bits per heavy atom. The number of alkyl halides is 1.